The first-order chi connectivity index (χ1) is 35.5. The summed E-state index contributed by atoms with van der Waals surface area (Å²) in [4.78, 5) is 2.48. The quantitative estimate of drug-likeness (QED) is 0.166. The Hall–Kier alpha value is -9.12. The van der Waals surface area contributed by atoms with Crippen molar-refractivity contribution in [1.82, 2.24) is 4.57 Å². The summed E-state index contributed by atoms with van der Waals surface area (Å²) in [6.45, 7) is 4.73. The minimum Gasteiger partial charge on any atom is -0.449 e. The molecule has 0 saturated heterocycles. The maximum atomic E-state index is 7.03. The summed E-state index contributed by atoms with van der Waals surface area (Å²) in [5, 5.41) is 4.45. The van der Waals surface area contributed by atoms with Crippen LogP contribution < -0.4 is 14.4 Å². The number of fused-ring (bicyclic) bond motifs is 13. The van der Waals surface area contributed by atoms with E-state index in [2.05, 4.69) is 260 Å². The first kappa shape index (κ1) is 40.7. The number of rotatable bonds is 6. The first-order valence-electron chi connectivity index (χ1n) is 24.9. The monoisotopic (exact) mass is 922 g/mol. The summed E-state index contributed by atoms with van der Waals surface area (Å²) in [5.41, 5.74) is 18.1. The van der Waals surface area contributed by atoms with Crippen LogP contribution in [-0.2, 0) is 10.8 Å². The van der Waals surface area contributed by atoms with Crippen LogP contribution in [0.4, 0.5) is 17.1 Å². The molecule has 340 valence electrons. The lowest BCUT2D eigenvalue weighted by atomic mass is 9.67. The van der Waals surface area contributed by atoms with Crippen LogP contribution in [0.1, 0.15) is 47.2 Å². The fraction of sp³-hybridized carbons (Fsp3) is 0.0588. The minimum absolute atomic E-state index is 0.240. The fourth-order valence-corrected chi connectivity index (χ4v) is 12.7. The molecule has 0 atom stereocenters. The van der Waals surface area contributed by atoms with E-state index in [9.17, 15) is 0 Å². The van der Waals surface area contributed by atoms with Gasteiger partial charge in [-0.25, -0.2) is 0 Å². The highest BCUT2D eigenvalue weighted by molar-refractivity contribution is 6.15. The molecule has 4 heteroatoms. The second-order valence-corrected chi connectivity index (χ2v) is 20.0. The summed E-state index contributed by atoms with van der Waals surface area (Å²) < 4.78 is 16.2. The molecule has 0 unspecified atom stereocenters. The van der Waals surface area contributed by atoms with Gasteiger partial charge in [0.05, 0.1) is 27.8 Å². The van der Waals surface area contributed by atoms with Gasteiger partial charge in [0.15, 0.2) is 23.0 Å². The molecule has 1 aromatic heterocycles. The van der Waals surface area contributed by atoms with E-state index in [-0.39, 0.29) is 5.41 Å². The first-order valence-corrected chi connectivity index (χ1v) is 24.9. The van der Waals surface area contributed by atoms with Crippen LogP contribution in [0.2, 0.25) is 0 Å². The third kappa shape index (κ3) is 5.63. The van der Waals surface area contributed by atoms with Crippen molar-refractivity contribution >= 4 is 49.6 Å². The molecule has 11 aromatic carbocycles. The van der Waals surface area contributed by atoms with E-state index >= 15 is 0 Å². The molecule has 0 amide bonds. The van der Waals surface area contributed by atoms with Gasteiger partial charge in [0.1, 0.15) is 0 Å². The van der Waals surface area contributed by atoms with Gasteiger partial charge in [0.25, 0.3) is 0 Å². The zero-order chi connectivity index (χ0) is 47.7. The van der Waals surface area contributed by atoms with Crippen LogP contribution in [0, 0.1) is 0 Å². The third-order valence-electron chi connectivity index (χ3n) is 15.9. The molecule has 4 nitrogen and oxygen atoms in total. The average molecular weight is 923 g/mol. The Kier molecular flexibility index (Phi) is 8.59. The zero-order valence-corrected chi connectivity index (χ0v) is 39.8. The van der Waals surface area contributed by atoms with E-state index in [1.54, 1.807) is 0 Å². The van der Waals surface area contributed by atoms with E-state index in [1.807, 2.05) is 6.07 Å². The van der Waals surface area contributed by atoms with Crippen molar-refractivity contribution in [2.75, 3.05) is 4.90 Å². The lowest BCUT2D eigenvalue weighted by Gasteiger charge is -2.36. The predicted molar refractivity (Wildman–Crippen MR) is 294 cm³/mol. The Morgan fingerprint density at radius 3 is 1.74 bits per heavy atom. The molecule has 0 fully saturated rings. The smallest absolute Gasteiger partial charge is 0.177 e. The molecule has 0 radical (unpaired) electrons. The van der Waals surface area contributed by atoms with Gasteiger partial charge in [-0.05, 0) is 122 Å². The van der Waals surface area contributed by atoms with Crippen LogP contribution in [0.25, 0.3) is 60.5 Å². The molecule has 3 aliphatic rings. The highest BCUT2D eigenvalue weighted by atomic mass is 16.6. The lowest BCUT2D eigenvalue weighted by Crippen LogP contribution is -2.29. The van der Waals surface area contributed by atoms with Crippen molar-refractivity contribution in [1.29, 1.82) is 0 Å². The van der Waals surface area contributed by atoms with E-state index in [1.165, 1.54) is 61.0 Å². The summed E-state index contributed by atoms with van der Waals surface area (Å²) in [5.74, 6) is 2.76. The zero-order valence-electron chi connectivity index (χ0n) is 39.8. The Morgan fingerprint density at radius 2 is 0.972 bits per heavy atom. The number of nitrogens with zero attached hydrogens (tertiary/aromatic N) is 2. The van der Waals surface area contributed by atoms with Crippen molar-refractivity contribution < 1.29 is 9.47 Å². The molecule has 12 aromatic rings. The van der Waals surface area contributed by atoms with E-state index in [0.717, 1.165) is 55.7 Å². The molecule has 2 aliphatic carbocycles. The van der Waals surface area contributed by atoms with Crippen LogP contribution in [-0.4, -0.2) is 4.57 Å². The summed E-state index contributed by atoms with van der Waals surface area (Å²) in [7, 11) is 0. The summed E-state index contributed by atoms with van der Waals surface area (Å²) in [6.07, 6.45) is 0. The van der Waals surface area contributed by atoms with Crippen LogP contribution in [0.15, 0.2) is 243 Å². The molecular weight excluding hydrogens is 877 g/mol. The molecular formula is C68H46N2O2. The molecule has 1 aliphatic heterocycles. The molecule has 0 bridgehead atoms. The van der Waals surface area contributed by atoms with Gasteiger partial charge in [-0.1, -0.05) is 190 Å². The van der Waals surface area contributed by atoms with Crippen molar-refractivity contribution in [3.63, 3.8) is 0 Å². The molecule has 0 N–H and O–H groups in total. The maximum Gasteiger partial charge on any atom is 0.177 e. The number of ether oxygens (including phenoxy) is 2. The van der Waals surface area contributed by atoms with Gasteiger partial charge in [-0.15, -0.1) is 0 Å². The number of anilines is 3. The number of hydrogen-bond donors (Lipinski definition) is 0. The minimum atomic E-state index is -0.669. The van der Waals surface area contributed by atoms with Gasteiger partial charge in [0.2, 0.25) is 0 Å². The van der Waals surface area contributed by atoms with Crippen LogP contribution in [0.3, 0.4) is 0 Å². The van der Waals surface area contributed by atoms with E-state index in [4.69, 9.17) is 9.47 Å². The second-order valence-electron chi connectivity index (χ2n) is 20.0. The average Bonchev–Trinajstić information content (AvgIpc) is 4.02. The van der Waals surface area contributed by atoms with Gasteiger partial charge in [-0.2, -0.15) is 0 Å². The number of aromatic nitrogens is 1. The Labute approximate surface area is 418 Å². The topological polar surface area (TPSA) is 26.6 Å². The fourth-order valence-electron chi connectivity index (χ4n) is 12.7. The SMILES string of the molecule is CC1(C)c2ccccc2-c2ccc(N(c3ccc4c(c3)Oc3c(ccc5ccccc35)O4)c3cc(C4(c5ccccc5)c5ccccc5-c5ccccc54)cc4c5ccccc5n(-c5ccccc5)c34)cc21. The second kappa shape index (κ2) is 15.2. The molecule has 0 spiro atoms. The van der Waals surface area contributed by atoms with Crippen LogP contribution in [0.5, 0.6) is 23.0 Å². The van der Waals surface area contributed by atoms with E-state index in [0.29, 0.717) is 17.2 Å². The summed E-state index contributed by atoms with van der Waals surface area (Å²) >= 11 is 0. The van der Waals surface area contributed by atoms with Crippen LogP contribution >= 0.6 is 0 Å². The number of benzene rings is 11. The Morgan fingerprint density at radius 1 is 0.389 bits per heavy atom. The summed E-state index contributed by atoms with van der Waals surface area (Å²) in [6, 6.07) is 88.8. The van der Waals surface area contributed by atoms with Gasteiger partial charge < -0.3 is 18.9 Å². The van der Waals surface area contributed by atoms with E-state index < -0.39 is 5.41 Å². The Bertz CT molecular complexity index is 4160. The van der Waals surface area contributed by atoms with Crippen molar-refractivity contribution in [3.05, 3.63) is 276 Å². The lowest BCUT2D eigenvalue weighted by molar-refractivity contribution is 0.363. The predicted octanol–water partition coefficient (Wildman–Crippen LogP) is 18.0. The Balaban J connectivity index is 1.08. The largest absolute Gasteiger partial charge is 0.449 e. The highest BCUT2D eigenvalue weighted by Gasteiger charge is 2.47. The third-order valence-corrected chi connectivity index (χ3v) is 15.9. The molecule has 72 heavy (non-hydrogen) atoms. The normalized spacial score (nSPS) is 14.1. The molecule has 15 rings (SSSR count). The standard InChI is InChI=1S/C68H46N2O2/c1-67(2)56-29-15-11-25-50(56)53-36-34-47(41-59(53)67)69(48-35-38-62-64(42-48)72-66-49-24-10-9-19-43(49)33-37-63(66)71-62)61-40-45(39-55-54-28-14-18-32-60(54)70(65(55)61)46-22-7-4-8-23-46)68(44-20-5-3-6-21-44)57-30-16-12-26-51(57)52-27-13-17-31-58(52)68/h3-42H,1-2H3. The molecule has 2 heterocycles. The number of para-hydroxylation sites is 2. The van der Waals surface area contributed by atoms with Crippen molar-refractivity contribution in [2.45, 2.75) is 24.7 Å². The number of hydrogen-bond acceptors (Lipinski definition) is 3. The van der Waals surface area contributed by atoms with Gasteiger partial charge in [0, 0.05) is 39.0 Å². The maximum absolute atomic E-state index is 7.03. The van der Waals surface area contributed by atoms with Gasteiger partial charge in [-0.3, -0.25) is 0 Å². The molecule has 0 saturated carbocycles. The van der Waals surface area contributed by atoms with Gasteiger partial charge >= 0.3 is 0 Å². The van der Waals surface area contributed by atoms with Crippen molar-refractivity contribution in [2.24, 2.45) is 0 Å². The van der Waals surface area contributed by atoms with Crippen molar-refractivity contribution in [3.8, 4) is 50.9 Å². The highest BCUT2D eigenvalue weighted by Crippen LogP contribution is 2.59.